The Hall–Kier alpha value is -4.19. The van der Waals surface area contributed by atoms with Gasteiger partial charge >= 0.3 is 0 Å². The molecule has 1 heterocycles. The summed E-state index contributed by atoms with van der Waals surface area (Å²) in [7, 11) is 0. The van der Waals surface area contributed by atoms with E-state index < -0.39 is 0 Å². The summed E-state index contributed by atoms with van der Waals surface area (Å²) < 4.78 is 5.97. The smallest absolute Gasteiger partial charge is 0.274 e. The maximum Gasteiger partial charge on any atom is 0.274 e. The van der Waals surface area contributed by atoms with E-state index in [0.717, 1.165) is 5.75 Å². The van der Waals surface area contributed by atoms with Crippen molar-refractivity contribution in [2.45, 2.75) is 6.92 Å². The molecule has 0 bridgehead atoms. The van der Waals surface area contributed by atoms with Crippen LogP contribution < -0.4 is 15.4 Å². The lowest BCUT2D eigenvalue weighted by molar-refractivity contribution is 0.102. The molecular weight excluding hydrogens is 376 g/mol. The second kappa shape index (κ2) is 8.87. The van der Waals surface area contributed by atoms with Crippen LogP contribution in [-0.2, 0) is 0 Å². The summed E-state index contributed by atoms with van der Waals surface area (Å²) in [5, 5.41) is 6.00. The van der Waals surface area contributed by atoms with Crippen molar-refractivity contribution in [3.63, 3.8) is 0 Å². The minimum Gasteiger partial charge on any atom is -0.455 e. The molecule has 0 radical (unpaired) electrons. The van der Waals surface area contributed by atoms with Crippen LogP contribution in [0.25, 0.3) is 0 Å². The molecule has 0 spiro atoms. The Bertz CT molecular complexity index is 1150. The number of amides is 1. The maximum atomic E-state index is 12.6. The van der Waals surface area contributed by atoms with Crippen LogP contribution in [0.5, 0.6) is 11.5 Å². The lowest BCUT2D eigenvalue weighted by Gasteiger charge is -2.13. The number of benzene rings is 3. The first kappa shape index (κ1) is 19.1. The van der Waals surface area contributed by atoms with Crippen molar-refractivity contribution < 1.29 is 9.53 Å². The molecule has 0 saturated heterocycles. The van der Waals surface area contributed by atoms with Gasteiger partial charge in [-0.15, -0.1) is 0 Å². The summed E-state index contributed by atoms with van der Waals surface area (Å²) in [4.78, 5) is 21.4. The Labute approximate surface area is 174 Å². The molecule has 2 N–H and O–H groups in total. The molecule has 0 aliphatic rings. The first-order valence-electron chi connectivity index (χ1n) is 9.48. The van der Waals surface area contributed by atoms with Gasteiger partial charge in [0.15, 0.2) is 5.75 Å². The monoisotopic (exact) mass is 396 g/mol. The molecule has 0 saturated carbocycles. The molecule has 0 unspecified atom stereocenters. The van der Waals surface area contributed by atoms with Gasteiger partial charge in [-0.3, -0.25) is 4.79 Å². The molecule has 4 aromatic rings. The second-order valence-corrected chi connectivity index (χ2v) is 6.57. The molecular formula is C24H20N4O2. The molecule has 1 aromatic heterocycles. The topological polar surface area (TPSA) is 76.1 Å². The number of carbonyl (C=O) groups is 1. The lowest BCUT2D eigenvalue weighted by Crippen LogP contribution is -2.15. The first-order chi connectivity index (χ1) is 14.7. The maximum absolute atomic E-state index is 12.6. The first-order valence-corrected chi connectivity index (χ1v) is 9.48. The summed E-state index contributed by atoms with van der Waals surface area (Å²) in [6.45, 7) is 1.82. The van der Waals surface area contributed by atoms with Crippen molar-refractivity contribution in [3.05, 3.63) is 102 Å². The Balaban J connectivity index is 1.56. The number of hydrogen-bond donors (Lipinski definition) is 2. The largest absolute Gasteiger partial charge is 0.455 e. The van der Waals surface area contributed by atoms with Crippen LogP contribution >= 0.6 is 0 Å². The third kappa shape index (κ3) is 4.80. The molecule has 4 rings (SSSR count). The number of nitrogens with one attached hydrogen (secondary N) is 2. The van der Waals surface area contributed by atoms with Gasteiger partial charge in [0, 0.05) is 11.4 Å². The predicted octanol–water partition coefficient (Wildman–Crippen LogP) is 5.57. The van der Waals surface area contributed by atoms with Crippen LogP contribution in [0.4, 0.5) is 17.3 Å². The van der Waals surface area contributed by atoms with Gasteiger partial charge in [-0.05, 0) is 49.4 Å². The fourth-order valence-electron chi connectivity index (χ4n) is 2.85. The van der Waals surface area contributed by atoms with E-state index in [-0.39, 0.29) is 11.6 Å². The van der Waals surface area contributed by atoms with Gasteiger partial charge in [-0.1, -0.05) is 48.5 Å². The van der Waals surface area contributed by atoms with E-state index in [2.05, 4.69) is 20.6 Å². The normalized spacial score (nSPS) is 10.3. The molecule has 0 fully saturated rings. The van der Waals surface area contributed by atoms with Crippen molar-refractivity contribution in [3.8, 4) is 11.5 Å². The molecule has 0 atom stereocenters. The van der Waals surface area contributed by atoms with Crippen molar-refractivity contribution in [1.29, 1.82) is 0 Å². The summed E-state index contributed by atoms with van der Waals surface area (Å²) in [5.74, 6) is 1.37. The van der Waals surface area contributed by atoms with Crippen molar-refractivity contribution in [2.24, 2.45) is 0 Å². The molecule has 0 aliphatic carbocycles. The summed E-state index contributed by atoms with van der Waals surface area (Å²) in [5.41, 5.74) is 2.35. The van der Waals surface area contributed by atoms with E-state index in [1.165, 1.54) is 0 Å². The van der Waals surface area contributed by atoms with Crippen LogP contribution in [0.1, 0.15) is 16.2 Å². The van der Waals surface area contributed by atoms with Gasteiger partial charge in [0.2, 0.25) is 5.95 Å². The van der Waals surface area contributed by atoms with E-state index >= 15 is 0 Å². The van der Waals surface area contributed by atoms with Crippen molar-refractivity contribution >= 4 is 23.2 Å². The van der Waals surface area contributed by atoms with E-state index in [0.29, 0.717) is 28.8 Å². The zero-order valence-electron chi connectivity index (χ0n) is 16.4. The van der Waals surface area contributed by atoms with Crippen LogP contribution in [-0.4, -0.2) is 15.9 Å². The minimum absolute atomic E-state index is 0.273. The van der Waals surface area contributed by atoms with Gasteiger partial charge < -0.3 is 15.4 Å². The standard InChI is InChI=1S/C24H20N4O2/c1-17-16-21(23(29)26-18-10-4-2-5-11-18)28-24(25-17)27-20-14-8-9-15-22(20)30-19-12-6-3-7-13-19/h2-16H,1H3,(H,26,29)(H,25,27,28). The molecule has 3 aromatic carbocycles. The molecule has 30 heavy (non-hydrogen) atoms. The third-order valence-corrected chi connectivity index (χ3v) is 4.22. The highest BCUT2D eigenvalue weighted by molar-refractivity contribution is 6.03. The highest BCUT2D eigenvalue weighted by Crippen LogP contribution is 2.30. The van der Waals surface area contributed by atoms with Crippen LogP contribution in [0.2, 0.25) is 0 Å². The Morgan fingerprint density at radius 2 is 1.50 bits per heavy atom. The Morgan fingerprint density at radius 3 is 2.27 bits per heavy atom. The molecule has 1 amide bonds. The number of para-hydroxylation sites is 4. The molecule has 6 heteroatoms. The van der Waals surface area contributed by atoms with Gasteiger partial charge in [-0.25, -0.2) is 9.97 Å². The van der Waals surface area contributed by atoms with E-state index in [1.807, 2.05) is 91.9 Å². The Morgan fingerprint density at radius 1 is 0.833 bits per heavy atom. The van der Waals surface area contributed by atoms with E-state index in [1.54, 1.807) is 6.07 Å². The number of aryl methyl sites for hydroxylation is 1. The minimum atomic E-state index is -0.302. The summed E-state index contributed by atoms with van der Waals surface area (Å²) >= 11 is 0. The SMILES string of the molecule is Cc1cc(C(=O)Nc2ccccc2)nc(Nc2ccccc2Oc2ccccc2)n1. The average Bonchev–Trinajstić information content (AvgIpc) is 2.76. The predicted molar refractivity (Wildman–Crippen MR) is 117 cm³/mol. The van der Waals surface area contributed by atoms with Crippen LogP contribution in [0, 0.1) is 6.92 Å². The zero-order valence-corrected chi connectivity index (χ0v) is 16.4. The average molecular weight is 396 g/mol. The van der Waals surface area contributed by atoms with Crippen LogP contribution in [0.3, 0.4) is 0 Å². The quantitative estimate of drug-likeness (QED) is 0.445. The fraction of sp³-hybridized carbons (Fsp3) is 0.0417. The van der Waals surface area contributed by atoms with Gasteiger partial charge in [-0.2, -0.15) is 0 Å². The Kier molecular flexibility index (Phi) is 5.66. The summed E-state index contributed by atoms with van der Waals surface area (Å²) in [6.07, 6.45) is 0. The lowest BCUT2D eigenvalue weighted by atomic mass is 10.2. The summed E-state index contributed by atoms with van der Waals surface area (Å²) in [6, 6.07) is 27.9. The number of carbonyl (C=O) groups excluding carboxylic acids is 1. The number of nitrogens with zero attached hydrogens (tertiary/aromatic N) is 2. The van der Waals surface area contributed by atoms with Gasteiger partial charge in [0.25, 0.3) is 5.91 Å². The molecule has 6 nitrogen and oxygen atoms in total. The van der Waals surface area contributed by atoms with E-state index in [4.69, 9.17) is 4.74 Å². The number of anilines is 3. The van der Waals surface area contributed by atoms with Crippen molar-refractivity contribution in [1.82, 2.24) is 9.97 Å². The number of ether oxygens (including phenoxy) is 1. The highest BCUT2D eigenvalue weighted by Gasteiger charge is 2.13. The molecule has 148 valence electrons. The van der Waals surface area contributed by atoms with Gasteiger partial charge in [0.1, 0.15) is 11.4 Å². The number of hydrogen-bond acceptors (Lipinski definition) is 5. The van der Waals surface area contributed by atoms with Crippen molar-refractivity contribution in [2.75, 3.05) is 10.6 Å². The molecule has 0 aliphatic heterocycles. The third-order valence-electron chi connectivity index (χ3n) is 4.22. The highest BCUT2D eigenvalue weighted by atomic mass is 16.5. The fourth-order valence-corrected chi connectivity index (χ4v) is 2.85. The van der Waals surface area contributed by atoms with Crippen LogP contribution in [0.15, 0.2) is 91.0 Å². The van der Waals surface area contributed by atoms with Gasteiger partial charge in [0.05, 0.1) is 5.69 Å². The van der Waals surface area contributed by atoms with E-state index in [9.17, 15) is 4.79 Å². The number of aromatic nitrogens is 2. The zero-order chi connectivity index (χ0) is 20.8. The number of rotatable bonds is 6. The second-order valence-electron chi connectivity index (χ2n) is 6.57.